The van der Waals surface area contributed by atoms with Crippen molar-refractivity contribution in [1.82, 2.24) is 9.44 Å². The SMILES string of the molecule is C.C.C.CC(C)(C)OC(=O)NS(=O)(=O)N(Cc1ccc(F)c(C(F)(F)F)c1)c1cc2ccccc2s1.CC(C)(C)OC(=O)NS(=O)(=O)N(Cc1ccc(F)c(C(F)(F)F)c1)c1sc2ccccc2c1Br.NS(=O)(=O)N(Cc1ccc(F)c(C(F)(F)F)c1)c1sc2ccccc2c1Br. The van der Waals surface area contributed by atoms with E-state index in [1.807, 2.05) is 0 Å². The van der Waals surface area contributed by atoms with Gasteiger partial charge < -0.3 is 9.47 Å². The second-order valence-electron chi connectivity index (χ2n) is 21.8. The number of thiophene rings is 3. The first kappa shape index (κ1) is 82.5. The van der Waals surface area contributed by atoms with Gasteiger partial charge in [-0.05, 0) is 156 Å². The molecule has 0 saturated heterocycles. The van der Waals surface area contributed by atoms with E-state index in [2.05, 4.69) is 31.9 Å². The van der Waals surface area contributed by atoms with Crippen LogP contribution in [-0.4, -0.2) is 48.6 Å². The molecule has 3 aromatic heterocycles. The van der Waals surface area contributed by atoms with Crippen LogP contribution in [0.2, 0.25) is 0 Å². The minimum Gasteiger partial charge on any atom is -0.443 e. The van der Waals surface area contributed by atoms with Gasteiger partial charge in [-0.15, -0.1) is 34.0 Å². The molecule has 0 bridgehead atoms. The number of rotatable bonds is 14. The van der Waals surface area contributed by atoms with Crippen molar-refractivity contribution < 1.29 is 97.0 Å². The molecule has 0 radical (unpaired) electrons. The fraction of sp³-hybridized carbons (Fsp3) is 0.279. The van der Waals surface area contributed by atoms with Gasteiger partial charge in [0.25, 0.3) is 10.2 Å². The first-order valence-electron chi connectivity index (χ1n) is 26.5. The third-order valence-corrected chi connectivity index (χ3v) is 21.8. The topological polar surface area (TPSA) is 215 Å². The molecule has 4 N–H and O–H groups in total. The number of nitrogens with zero attached hydrogens (tertiary/aromatic N) is 3. The number of hydrogen-bond donors (Lipinski definition) is 3. The van der Waals surface area contributed by atoms with Gasteiger partial charge in [0.2, 0.25) is 0 Å². The minimum atomic E-state index is -4.98. The molecule has 97 heavy (non-hydrogen) atoms. The van der Waals surface area contributed by atoms with Gasteiger partial charge in [-0.1, -0.05) is 95.1 Å². The number of anilines is 3. The van der Waals surface area contributed by atoms with Crippen LogP contribution in [0.4, 0.5) is 77.3 Å². The summed E-state index contributed by atoms with van der Waals surface area (Å²) in [6, 6.07) is 29.2. The lowest BCUT2D eigenvalue weighted by molar-refractivity contribution is -0.140. The van der Waals surface area contributed by atoms with Crippen LogP contribution in [0.15, 0.2) is 142 Å². The van der Waals surface area contributed by atoms with Crippen molar-refractivity contribution >= 4 is 154 Å². The molecule has 9 aromatic rings. The summed E-state index contributed by atoms with van der Waals surface area (Å²) in [4.78, 5) is 24.3. The Morgan fingerprint density at radius 3 is 1.12 bits per heavy atom. The van der Waals surface area contributed by atoms with Crippen molar-refractivity contribution in [3.63, 3.8) is 0 Å². The summed E-state index contributed by atoms with van der Waals surface area (Å²) in [7, 11) is -13.6. The third kappa shape index (κ3) is 21.5. The Balaban J connectivity index is 0.000000307. The Hall–Kier alpha value is -6.93. The lowest BCUT2D eigenvalue weighted by Gasteiger charge is -2.25. The smallest absolute Gasteiger partial charge is 0.422 e. The Labute approximate surface area is 580 Å². The molecule has 9 rings (SSSR count). The van der Waals surface area contributed by atoms with Crippen LogP contribution in [0, 0.1) is 17.5 Å². The summed E-state index contributed by atoms with van der Waals surface area (Å²) < 4.78 is 254. The van der Waals surface area contributed by atoms with Crippen LogP contribution in [-0.2, 0) is 78.3 Å². The Morgan fingerprint density at radius 2 is 0.784 bits per heavy atom. The summed E-state index contributed by atoms with van der Waals surface area (Å²) in [6.45, 7) is 7.55. The molecule has 2 amide bonds. The average Bonchev–Trinajstić information content (AvgIpc) is 1.70. The van der Waals surface area contributed by atoms with E-state index in [0.717, 1.165) is 79.9 Å². The van der Waals surface area contributed by atoms with E-state index in [9.17, 15) is 87.5 Å². The third-order valence-electron chi connectivity index (χ3n) is 12.2. The number of alkyl halides is 9. The predicted octanol–water partition coefficient (Wildman–Crippen LogP) is 19.4. The quantitative estimate of drug-likeness (QED) is 0.0876. The summed E-state index contributed by atoms with van der Waals surface area (Å²) in [5.74, 6) is -4.40. The van der Waals surface area contributed by atoms with Crippen LogP contribution in [0.5, 0.6) is 0 Å². The Kier molecular flexibility index (Phi) is 26.8. The van der Waals surface area contributed by atoms with E-state index in [1.54, 1.807) is 103 Å². The first-order chi connectivity index (χ1) is 43.2. The van der Waals surface area contributed by atoms with Crippen molar-refractivity contribution in [1.29, 1.82) is 0 Å². The van der Waals surface area contributed by atoms with Crippen LogP contribution >= 0.6 is 65.9 Å². The number of fused-ring (bicyclic) bond motifs is 3. The minimum absolute atomic E-state index is 0. The van der Waals surface area contributed by atoms with Gasteiger partial charge in [0.1, 0.15) is 43.7 Å². The predicted molar refractivity (Wildman–Crippen MR) is 364 cm³/mol. The fourth-order valence-corrected chi connectivity index (χ4v) is 17.2. The normalized spacial score (nSPS) is 12.2. The van der Waals surface area contributed by atoms with Gasteiger partial charge in [-0.25, -0.2) is 50.3 Å². The van der Waals surface area contributed by atoms with E-state index >= 15 is 0 Å². The number of carbonyl (C=O) groups is 2. The Morgan fingerprint density at radius 1 is 0.464 bits per heavy atom. The second-order valence-corrected chi connectivity index (χ2v) is 31.1. The number of nitrogens with two attached hydrogens (primary N) is 1. The average molecular weight is 1620 g/mol. The van der Waals surface area contributed by atoms with Gasteiger partial charge >= 0.3 is 51.1 Å². The van der Waals surface area contributed by atoms with E-state index < -0.39 is 126 Å². The van der Waals surface area contributed by atoms with Crippen LogP contribution < -0.4 is 27.5 Å². The maximum atomic E-state index is 13.8. The maximum absolute atomic E-state index is 13.8. The standard InChI is InChI=1S/C21H19BrF4N2O4S2.C21H20F4N2O4S2.C16H11BrF4N2O2S2.3CH4/c1-20(2,3)32-19(29)27-34(30,31)28(18-17(22)13-6-4-5-7-16(13)33-18)11-12-8-9-15(23)14(10-12)21(24,25)26;1-20(2,3)31-19(28)26-33(29,30)27(18-11-14-6-4-5-7-17(14)32-18)12-13-8-9-16(22)15(10-13)21(23,24)25;17-14-10-3-1-2-4-13(10)26-15(14)23(27(22,24)25)8-9-5-6-12(18)11(7-9)16(19,20)21;;;/h4-10H,11H2,1-3H3,(H,27,29);4-11H,12H2,1-3H3,(H,26,28);1-7H,8H2,(H2,22,24,25);3*1H4. The lowest BCUT2D eigenvalue weighted by Crippen LogP contribution is -2.45. The molecule has 6 aromatic carbocycles. The van der Waals surface area contributed by atoms with Crippen molar-refractivity contribution in [3.05, 3.63) is 193 Å². The highest BCUT2D eigenvalue weighted by Gasteiger charge is 2.39. The molecule has 0 unspecified atom stereocenters. The van der Waals surface area contributed by atoms with Crippen molar-refractivity contribution in [3.8, 4) is 0 Å². The van der Waals surface area contributed by atoms with Crippen molar-refractivity contribution in [2.45, 2.75) is 113 Å². The zero-order valence-electron chi connectivity index (χ0n) is 49.1. The number of benzene rings is 6. The number of hydrogen-bond acceptors (Lipinski definition) is 13. The fourth-order valence-electron chi connectivity index (χ4n) is 8.32. The summed E-state index contributed by atoms with van der Waals surface area (Å²) in [6.07, 6.45) is -17.3. The van der Waals surface area contributed by atoms with Gasteiger partial charge in [0, 0.05) is 24.9 Å². The van der Waals surface area contributed by atoms with E-state index in [4.69, 9.17) is 14.6 Å². The zero-order valence-corrected chi connectivity index (χ0v) is 57.1. The number of ether oxygens (including phenoxy) is 2. The van der Waals surface area contributed by atoms with Crippen LogP contribution in [0.1, 0.15) is 97.2 Å². The molecule has 0 fully saturated rings. The molecule has 16 nitrogen and oxygen atoms in total. The maximum Gasteiger partial charge on any atom is 0.422 e. The highest BCUT2D eigenvalue weighted by Crippen LogP contribution is 2.46. The molecule has 0 atom stereocenters. The summed E-state index contributed by atoms with van der Waals surface area (Å²) in [5.41, 5.74) is -6.83. The summed E-state index contributed by atoms with van der Waals surface area (Å²) in [5, 5.41) is 7.86. The molecular formula is C61H62Br2F12N6O10S6. The monoisotopic (exact) mass is 1620 g/mol. The number of carbonyl (C=O) groups excluding carboxylic acids is 2. The molecular weight excluding hydrogens is 1560 g/mol. The largest absolute Gasteiger partial charge is 0.443 e. The van der Waals surface area contributed by atoms with Gasteiger partial charge in [0.15, 0.2) is 0 Å². The van der Waals surface area contributed by atoms with E-state index in [1.165, 1.54) is 26.8 Å². The van der Waals surface area contributed by atoms with E-state index in [0.29, 0.717) is 60.8 Å². The molecule has 3 heterocycles. The highest BCUT2D eigenvalue weighted by molar-refractivity contribution is 9.11. The van der Waals surface area contributed by atoms with Gasteiger partial charge in [-0.3, -0.25) is 0 Å². The number of nitrogens with one attached hydrogen (secondary N) is 2. The highest BCUT2D eigenvalue weighted by atomic mass is 79.9. The Bertz CT molecular complexity index is 4620. The molecule has 0 spiro atoms. The van der Waals surface area contributed by atoms with Crippen LogP contribution in [0.3, 0.4) is 0 Å². The zero-order chi connectivity index (χ0) is 70.1. The van der Waals surface area contributed by atoms with E-state index in [-0.39, 0.29) is 54.0 Å². The molecule has 530 valence electrons. The summed E-state index contributed by atoms with van der Waals surface area (Å²) >= 11 is 9.90. The number of halogens is 14. The molecule has 0 saturated carbocycles. The molecule has 0 aliphatic carbocycles. The second kappa shape index (κ2) is 31.5. The van der Waals surface area contributed by atoms with Gasteiger partial charge in [-0.2, -0.15) is 64.8 Å². The molecule has 36 heteroatoms. The first-order valence-corrected chi connectivity index (χ1v) is 34.9. The van der Waals surface area contributed by atoms with Crippen molar-refractivity contribution in [2.24, 2.45) is 5.14 Å². The molecule has 0 aliphatic heterocycles. The number of amides is 2. The lowest BCUT2D eigenvalue weighted by atomic mass is 10.1. The van der Waals surface area contributed by atoms with Crippen LogP contribution in [0.25, 0.3) is 30.3 Å². The van der Waals surface area contributed by atoms with Crippen molar-refractivity contribution in [2.75, 3.05) is 12.9 Å². The molecule has 0 aliphatic rings. The van der Waals surface area contributed by atoms with Gasteiger partial charge in [0.05, 0.1) is 45.3 Å².